The highest BCUT2D eigenvalue weighted by Gasteiger charge is 2.20. The van der Waals surface area contributed by atoms with E-state index in [4.69, 9.17) is 0 Å². The van der Waals surface area contributed by atoms with Gasteiger partial charge in [0.1, 0.15) is 0 Å². The van der Waals surface area contributed by atoms with Gasteiger partial charge in [-0.1, -0.05) is 42.5 Å². The lowest BCUT2D eigenvalue weighted by molar-refractivity contribution is -0.120. The highest BCUT2D eigenvalue weighted by atomic mass is 16.1. The third kappa shape index (κ3) is 3.50. The van der Waals surface area contributed by atoms with Gasteiger partial charge < -0.3 is 10.6 Å². The molecule has 21 heavy (non-hydrogen) atoms. The molecule has 0 atom stereocenters. The minimum Gasteiger partial charge on any atom is -0.326 e. The molecule has 0 aromatic heterocycles. The Bertz CT molecular complexity index is 586. The van der Waals surface area contributed by atoms with Crippen LogP contribution in [0.15, 0.2) is 54.6 Å². The molecule has 1 heterocycles. The van der Waals surface area contributed by atoms with Gasteiger partial charge >= 0.3 is 0 Å². The fourth-order valence-corrected chi connectivity index (χ4v) is 2.71. The summed E-state index contributed by atoms with van der Waals surface area (Å²) < 4.78 is 0. The summed E-state index contributed by atoms with van der Waals surface area (Å²) in [6.07, 6.45) is 1.85. The minimum absolute atomic E-state index is 0.139. The molecule has 2 N–H and O–H groups in total. The van der Waals surface area contributed by atoms with Gasteiger partial charge in [0, 0.05) is 11.6 Å². The number of rotatable bonds is 3. The molecular formula is C18H20N2O. The molecule has 1 fully saturated rings. The zero-order chi connectivity index (χ0) is 14.5. The Hall–Kier alpha value is -2.13. The lowest BCUT2D eigenvalue weighted by Gasteiger charge is -2.21. The van der Waals surface area contributed by atoms with Gasteiger partial charge in [-0.25, -0.2) is 0 Å². The molecule has 3 rings (SSSR count). The summed E-state index contributed by atoms with van der Waals surface area (Å²) in [5.41, 5.74) is 3.22. The van der Waals surface area contributed by atoms with E-state index in [9.17, 15) is 4.79 Å². The first-order valence-corrected chi connectivity index (χ1v) is 7.50. The number of carbonyl (C=O) groups excluding carboxylic acids is 1. The Morgan fingerprint density at radius 1 is 0.905 bits per heavy atom. The van der Waals surface area contributed by atoms with Gasteiger partial charge in [0.15, 0.2) is 0 Å². The average Bonchev–Trinajstić information content (AvgIpc) is 2.57. The average molecular weight is 280 g/mol. The van der Waals surface area contributed by atoms with Crippen LogP contribution in [0.1, 0.15) is 12.8 Å². The van der Waals surface area contributed by atoms with E-state index < -0.39 is 0 Å². The molecular weight excluding hydrogens is 260 g/mol. The summed E-state index contributed by atoms with van der Waals surface area (Å²) in [6.45, 7) is 1.87. The Labute approximate surface area is 125 Å². The number of hydrogen-bond acceptors (Lipinski definition) is 2. The van der Waals surface area contributed by atoms with E-state index in [-0.39, 0.29) is 11.8 Å². The molecule has 2 aromatic carbocycles. The Balaban J connectivity index is 1.65. The van der Waals surface area contributed by atoms with Crippen molar-refractivity contribution in [2.75, 3.05) is 18.4 Å². The first-order valence-electron chi connectivity index (χ1n) is 7.50. The summed E-state index contributed by atoms with van der Waals surface area (Å²) in [6, 6.07) is 18.3. The topological polar surface area (TPSA) is 41.1 Å². The SMILES string of the molecule is O=C(Nc1ccc(-c2ccccc2)cc1)C1CCNCC1. The van der Waals surface area contributed by atoms with E-state index in [1.54, 1.807) is 0 Å². The Kier molecular flexibility index (Phi) is 4.31. The Morgan fingerprint density at radius 2 is 1.52 bits per heavy atom. The van der Waals surface area contributed by atoms with Crippen LogP contribution < -0.4 is 10.6 Å². The molecule has 1 amide bonds. The predicted octanol–water partition coefficient (Wildman–Crippen LogP) is 3.29. The molecule has 108 valence electrons. The van der Waals surface area contributed by atoms with Crippen molar-refractivity contribution in [3.63, 3.8) is 0 Å². The number of carbonyl (C=O) groups is 1. The van der Waals surface area contributed by atoms with Gasteiger partial charge in [-0.05, 0) is 49.2 Å². The monoisotopic (exact) mass is 280 g/mol. The zero-order valence-corrected chi connectivity index (χ0v) is 12.0. The van der Waals surface area contributed by atoms with Gasteiger partial charge in [0.05, 0.1) is 0 Å². The zero-order valence-electron chi connectivity index (χ0n) is 12.0. The van der Waals surface area contributed by atoms with Gasteiger partial charge in [0.2, 0.25) is 5.91 Å². The smallest absolute Gasteiger partial charge is 0.227 e. The van der Waals surface area contributed by atoms with E-state index in [2.05, 4.69) is 22.8 Å². The molecule has 0 aliphatic carbocycles. The number of nitrogens with one attached hydrogen (secondary N) is 2. The summed E-state index contributed by atoms with van der Waals surface area (Å²) >= 11 is 0. The first-order chi connectivity index (χ1) is 10.3. The number of piperidine rings is 1. The maximum absolute atomic E-state index is 12.2. The van der Waals surface area contributed by atoms with Gasteiger partial charge in [0.25, 0.3) is 0 Å². The summed E-state index contributed by atoms with van der Waals surface area (Å²) in [7, 11) is 0. The van der Waals surface area contributed by atoms with E-state index in [1.807, 2.05) is 42.5 Å². The number of hydrogen-bond donors (Lipinski definition) is 2. The van der Waals surface area contributed by atoms with Crippen molar-refractivity contribution in [2.24, 2.45) is 5.92 Å². The first kappa shape index (κ1) is 13.8. The normalized spacial score (nSPS) is 15.6. The molecule has 1 saturated heterocycles. The van der Waals surface area contributed by atoms with Crippen LogP contribution in [0.5, 0.6) is 0 Å². The second kappa shape index (κ2) is 6.55. The summed E-state index contributed by atoms with van der Waals surface area (Å²) in [5, 5.41) is 6.30. The quantitative estimate of drug-likeness (QED) is 0.906. The van der Waals surface area contributed by atoms with Crippen molar-refractivity contribution < 1.29 is 4.79 Å². The van der Waals surface area contributed by atoms with Crippen LogP contribution in [0.2, 0.25) is 0 Å². The number of amides is 1. The van der Waals surface area contributed by atoms with Crippen molar-refractivity contribution in [1.29, 1.82) is 0 Å². The molecule has 0 saturated carbocycles. The summed E-state index contributed by atoms with van der Waals surface area (Å²) in [5.74, 6) is 0.281. The minimum atomic E-state index is 0.139. The molecule has 0 unspecified atom stereocenters. The van der Waals surface area contributed by atoms with E-state index in [1.165, 1.54) is 5.56 Å². The van der Waals surface area contributed by atoms with Crippen molar-refractivity contribution >= 4 is 11.6 Å². The van der Waals surface area contributed by atoms with Gasteiger partial charge in [-0.2, -0.15) is 0 Å². The Morgan fingerprint density at radius 3 is 2.19 bits per heavy atom. The van der Waals surface area contributed by atoms with E-state index >= 15 is 0 Å². The molecule has 1 aliphatic rings. The van der Waals surface area contributed by atoms with Crippen LogP contribution in [0.4, 0.5) is 5.69 Å². The molecule has 0 radical (unpaired) electrons. The number of benzene rings is 2. The van der Waals surface area contributed by atoms with Crippen molar-refractivity contribution in [1.82, 2.24) is 5.32 Å². The fourth-order valence-electron chi connectivity index (χ4n) is 2.71. The van der Waals surface area contributed by atoms with E-state index in [0.717, 1.165) is 37.2 Å². The van der Waals surface area contributed by atoms with Crippen LogP contribution in [0, 0.1) is 5.92 Å². The lowest BCUT2D eigenvalue weighted by Crippen LogP contribution is -2.34. The maximum Gasteiger partial charge on any atom is 0.227 e. The van der Waals surface area contributed by atoms with Crippen LogP contribution in [0.25, 0.3) is 11.1 Å². The number of anilines is 1. The largest absolute Gasteiger partial charge is 0.326 e. The van der Waals surface area contributed by atoms with Crippen LogP contribution in [-0.4, -0.2) is 19.0 Å². The molecule has 0 spiro atoms. The predicted molar refractivity (Wildman–Crippen MR) is 86.1 cm³/mol. The van der Waals surface area contributed by atoms with Crippen LogP contribution in [-0.2, 0) is 4.79 Å². The van der Waals surface area contributed by atoms with Crippen molar-refractivity contribution in [3.8, 4) is 11.1 Å². The maximum atomic E-state index is 12.2. The lowest BCUT2D eigenvalue weighted by atomic mass is 9.97. The summed E-state index contributed by atoms with van der Waals surface area (Å²) in [4.78, 5) is 12.2. The van der Waals surface area contributed by atoms with Crippen LogP contribution >= 0.6 is 0 Å². The molecule has 2 aromatic rings. The molecule has 1 aliphatic heterocycles. The van der Waals surface area contributed by atoms with E-state index in [0.29, 0.717) is 0 Å². The fraction of sp³-hybridized carbons (Fsp3) is 0.278. The highest BCUT2D eigenvalue weighted by Crippen LogP contribution is 2.22. The van der Waals surface area contributed by atoms with Crippen molar-refractivity contribution in [2.45, 2.75) is 12.8 Å². The third-order valence-corrected chi connectivity index (χ3v) is 3.97. The van der Waals surface area contributed by atoms with Gasteiger partial charge in [-0.15, -0.1) is 0 Å². The second-order valence-electron chi connectivity index (χ2n) is 5.46. The second-order valence-corrected chi connectivity index (χ2v) is 5.46. The van der Waals surface area contributed by atoms with Gasteiger partial charge in [-0.3, -0.25) is 4.79 Å². The molecule has 3 heteroatoms. The molecule has 3 nitrogen and oxygen atoms in total. The standard InChI is InChI=1S/C18H20N2O/c21-18(16-10-12-19-13-11-16)20-17-8-6-15(7-9-17)14-4-2-1-3-5-14/h1-9,16,19H,10-13H2,(H,20,21). The van der Waals surface area contributed by atoms with Crippen molar-refractivity contribution in [3.05, 3.63) is 54.6 Å². The third-order valence-electron chi connectivity index (χ3n) is 3.97. The van der Waals surface area contributed by atoms with Crippen LogP contribution in [0.3, 0.4) is 0 Å². The highest BCUT2D eigenvalue weighted by molar-refractivity contribution is 5.92. The molecule has 0 bridgehead atoms.